The van der Waals surface area contributed by atoms with Gasteiger partial charge in [-0.2, -0.15) is 0 Å². The van der Waals surface area contributed by atoms with Crippen molar-refractivity contribution in [3.8, 4) is 0 Å². The van der Waals surface area contributed by atoms with Crippen LogP contribution in [-0.2, 0) is 9.47 Å². The summed E-state index contributed by atoms with van der Waals surface area (Å²) in [4.78, 5) is 6.78. The number of piperidine rings is 1. The van der Waals surface area contributed by atoms with Crippen LogP contribution < -0.4 is 0 Å². The normalized spacial score (nSPS) is 37.6. The van der Waals surface area contributed by atoms with Crippen LogP contribution >= 0.6 is 0 Å². The number of hydrogen-bond donors (Lipinski definition) is 0. The lowest BCUT2D eigenvalue weighted by Gasteiger charge is -2.51. The van der Waals surface area contributed by atoms with Crippen LogP contribution in [0.25, 0.3) is 0 Å². The first-order chi connectivity index (χ1) is 8.90. The Morgan fingerprint density at radius 2 is 2.44 bits per heavy atom. The minimum Gasteiger partial charge on any atom is -0.378 e. The summed E-state index contributed by atoms with van der Waals surface area (Å²) in [6.45, 7) is 4.74. The standard InChI is InChI=1S/C14H18N2O2/c1-2-17-12-7-11-10-8-15-4-3-9(10)13(12)14-16(11)5-6-18-14/h3-4,8,11-14H,2,5-7H2,1H3/t11-,12-,13-,14?/m0/s1. The Labute approximate surface area is 107 Å². The van der Waals surface area contributed by atoms with Crippen LogP contribution in [-0.4, -0.2) is 42.0 Å². The molecular weight excluding hydrogens is 228 g/mol. The van der Waals surface area contributed by atoms with Crippen molar-refractivity contribution in [2.75, 3.05) is 19.8 Å². The average molecular weight is 246 g/mol. The molecule has 0 spiro atoms. The molecule has 0 aromatic carbocycles. The Bertz CT molecular complexity index is 465. The molecule has 1 aromatic rings. The third-order valence-electron chi connectivity index (χ3n) is 4.51. The second-order valence-electron chi connectivity index (χ2n) is 5.27. The topological polar surface area (TPSA) is 34.6 Å². The fourth-order valence-electron chi connectivity index (χ4n) is 3.88. The third-order valence-corrected chi connectivity index (χ3v) is 4.51. The molecule has 0 N–H and O–H groups in total. The highest BCUT2D eigenvalue weighted by atomic mass is 16.5. The zero-order valence-electron chi connectivity index (χ0n) is 10.6. The first kappa shape index (κ1) is 10.9. The predicted molar refractivity (Wildman–Crippen MR) is 66.2 cm³/mol. The maximum Gasteiger partial charge on any atom is 0.120 e. The molecule has 4 aliphatic rings. The molecule has 2 bridgehead atoms. The molecule has 18 heavy (non-hydrogen) atoms. The number of rotatable bonds is 2. The van der Waals surface area contributed by atoms with E-state index in [4.69, 9.17) is 9.47 Å². The first-order valence-corrected chi connectivity index (χ1v) is 6.83. The zero-order valence-corrected chi connectivity index (χ0v) is 10.6. The summed E-state index contributed by atoms with van der Waals surface area (Å²) in [5, 5.41) is 0. The minimum absolute atomic E-state index is 0.218. The highest BCUT2D eigenvalue weighted by Gasteiger charge is 2.53. The molecule has 96 valence electrons. The molecule has 3 aliphatic heterocycles. The largest absolute Gasteiger partial charge is 0.378 e. The number of nitrogens with zero attached hydrogens (tertiary/aromatic N) is 2. The fraction of sp³-hybridized carbons (Fsp3) is 0.643. The van der Waals surface area contributed by atoms with Crippen LogP contribution in [0.2, 0.25) is 0 Å². The summed E-state index contributed by atoms with van der Waals surface area (Å²) in [6, 6.07) is 2.58. The van der Waals surface area contributed by atoms with Crippen LogP contribution in [0.1, 0.15) is 36.4 Å². The number of pyridine rings is 1. The van der Waals surface area contributed by atoms with Gasteiger partial charge in [0.1, 0.15) is 6.23 Å². The monoisotopic (exact) mass is 246 g/mol. The summed E-state index contributed by atoms with van der Waals surface area (Å²) in [6.07, 6.45) is 5.52. The van der Waals surface area contributed by atoms with Crippen LogP contribution in [0, 0.1) is 0 Å². The summed E-state index contributed by atoms with van der Waals surface area (Å²) < 4.78 is 11.9. The number of ether oxygens (including phenoxy) is 2. The third kappa shape index (κ3) is 1.34. The van der Waals surface area contributed by atoms with Crippen molar-refractivity contribution < 1.29 is 9.47 Å². The smallest absolute Gasteiger partial charge is 0.120 e. The second-order valence-corrected chi connectivity index (χ2v) is 5.27. The van der Waals surface area contributed by atoms with Gasteiger partial charge in [0, 0.05) is 31.6 Å². The molecule has 2 saturated heterocycles. The van der Waals surface area contributed by atoms with Gasteiger partial charge in [-0.15, -0.1) is 0 Å². The SMILES string of the molecule is CCO[C@H]1C[C@H]2c3cnccc3[C@@H]1C1OCCN12. The van der Waals surface area contributed by atoms with Gasteiger partial charge in [-0.25, -0.2) is 0 Å². The van der Waals surface area contributed by atoms with E-state index in [0.717, 1.165) is 26.2 Å². The van der Waals surface area contributed by atoms with E-state index in [1.54, 1.807) is 0 Å². The molecule has 1 aliphatic carbocycles. The molecule has 4 nitrogen and oxygen atoms in total. The number of aromatic nitrogens is 1. The minimum atomic E-state index is 0.218. The maximum atomic E-state index is 5.95. The molecule has 4 heterocycles. The van der Waals surface area contributed by atoms with Crippen molar-refractivity contribution >= 4 is 0 Å². The van der Waals surface area contributed by atoms with Gasteiger partial charge in [0.2, 0.25) is 0 Å². The molecule has 1 unspecified atom stereocenters. The predicted octanol–water partition coefficient (Wildman–Crippen LogP) is 1.69. The van der Waals surface area contributed by atoms with Crippen molar-refractivity contribution in [3.05, 3.63) is 29.6 Å². The lowest BCUT2D eigenvalue weighted by molar-refractivity contribution is -0.119. The number of fused-ring (bicyclic) bond motifs is 1. The van der Waals surface area contributed by atoms with Crippen molar-refractivity contribution in [2.24, 2.45) is 0 Å². The van der Waals surface area contributed by atoms with Gasteiger partial charge in [0.15, 0.2) is 0 Å². The van der Waals surface area contributed by atoms with Crippen LogP contribution in [0.15, 0.2) is 18.5 Å². The highest BCUT2D eigenvalue weighted by molar-refractivity contribution is 5.38. The van der Waals surface area contributed by atoms with Gasteiger partial charge in [-0.3, -0.25) is 9.88 Å². The van der Waals surface area contributed by atoms with E-state index in [9.17, 15) is 0 Å². The summed E-state index contributed by atoms with van der Waals surface area (Å²) in [7, 11) is 0. The zero-order chi connectivity index (χ0) is 12.1. The molecule has 0 saturated carbocycles. The van der Waals surface area contributed by atoms with Crippen molar-refractivity contribution in [2.45, 2.75) is 37.6 Å². The van der Waals surface area contributed by atoms with Crippen LogP contribution in [0.5, 0.6) is 0 Å². The molecule has 1 aromatic heterocycles. The van der Waals surface area contributed by atoms with Crippen LogP contribution in [0.4, 0.5) is 0 Å². The molecule has 4 atom stereocenters. The molecule has 2 fully saturated rings. The molecular formula is C14H18N2O2. The van der Waals surface area contributed by atoms with Gasteiger partial charge < -0.3 is 9.47 Å². The van der Waals surface area contributed by atoms with E-state index in [-0.39, 0.29) is 6.23 Å². The molecule has 5 rings (SSSR count). The molecule has 0 amide bonds. The van der Waals surface area contributed by atoms with Gasteiger partial charge in [0.25, 0.3) is 0 Å². The van der Waals surface area contributed by atoms with Crippen molar-refractivity contribution in [3.63, 3.8) is 0 Å². The first-order valence-electron chi connectivity index (χ1n) is 6.83. The fourth-order valence-corrected chi connectivity index (χ4v) is 3.88. The highest BCUT2D eigenvalue weighted by Crippen LogP contribution is 2.52. The Kier molecular flexibility index (Phi) is 2.43. The van der Waals surface area contributed by atoms with Crippen LogP contribution in [0.3, 0.4) is 0 Å². The number of hydrogen-bond acceptors (Lipinski definition) is 4. The molecule has 0 radical (unpaired) electrons. The van der Waals surface area contributed by atoms with E-state index < -0.39 is 0 Å². The summed E-state index contributed by atoms with van der Waals surface area (Å²) in [5.74, 6) is 0.357. The Balaban J connectivity index is 1.81. The van der Waals surface area contributed by atoms with Gasteiger partial charge in [-0.1, -0.05) is 0 Å². The van der Waals surface area contributed by atoms with Crippen molar-refractivity contribution in [1.82, 2.24) is 9.88 Å². The van der Waals surface area contributed by atoms with E-state index in [1.165, 1.54) is 11.1 Å². The van der Waals surface area contributed by atoms with E-state index in [0.29, 0.717) is 18.1 Å². The average Bonchev–Trinajstić information content (AvgIpc) is 2.89. The Morgan fingerprint density at radius 1 is 1.50 bits per heavy atom. The molecule has 4 heteroatoms. The van der Waals surface area contributed by atoms with E-state index in [1.807, 2.05) is 12.4 Å². The quantitative estimate of drug-likeness (QED) is 0.795. The van der Waals surface area contributed by atoms with Gasteiger partial charge in [-0.05, 0) is 30.5 Å². The van der Waals surface area contributed by atoms with E-state index in [2.05, 4.69) is 22.9 Å². The Hall–Kier alpha value is -0.970. The maximum absolute atomic E-state index is 5.95. The lowest BCUT2D eigenvalue weighted by atomic mass is 9.72. The summed E-state index contributed by atoms with van der Waals surface area (Å²) in [5.41, 5.74) is 2.78. The second kappa shape index (κ2) is 4.02. The van der Waals surface area contributed by atoms with Gasteiger partial charge in [0.05, 0.1) is 18.6 Å². The van der Waals surface area contributed by atoms with E-state index >= 15 is 0 Å². The lowest BCUT2D eigenvalue weighted by Crippen LogP contribution is -2.53. The summed E-state index contributed by atoms with van der Waals surface area (Å²) >= 11 is 0. The van der Waals surface area contributed by atoms with Gasteiger partial charge >= 0.3 is 0 Å². The Morgan fingerprint density at radius 3 is 3.33 bits per heavy atom. The van der Waals surface area contributed by atoms with Crippen molar-refractivity contribution in [1.29, 1.82) is 0 Å².